The normalized spacial score (nSPS) is 24.2. The predicted octanol–water partition coefficient (Wildman–Crippen LogP) is 4.82. The van der Waals surface area contributed by atoms with E-state index in [1.165, 1.54) is 7.11 Å². The molecule has 0 N–H and O–H groups in total. The third-order valence-corrected chi connectivity index (χ3v) is 6.69. The lowest BCUT2D eigenvalue weighted by atomic mass is 9.69. The minimum Gasteiger partial charge on any atom is -0.468 e. The third kappa shape index (κ3) is 3.48. The zero-order valence-electron chi connectivity index (χ0n) is 17.8. The largest absolute Gasteiger partial charge is 0.468 e. The van der Waals surface area contributed by atoms with Crippen LogP contribution in [0.25, 0.3) is 0 Å². The molecule has 3 aliphatic rings. The summed E-state index contributed by atoms with van der Waals surface area (Å²) in [4.78, 5) is 31.0. The fourth-order valence-corrected chi connectivity index (χ4v) is 5.06. The number of nitrogens with zero attached hydrogens (tertiary/aromatic N) is 1. The molecule has 2 aromatic carbocycles. The van der Waals surface area contributed by atoms with Crippen molar-refractivity contribution in [1.29, 1.82) is 0 Å². The van der Waals surface area contributed by atoms with Gasteiger partial charge >= 0.3 is 5.97 Å². The molecular weight excluding hydrogens is 430 g/mol. The highest BCUT2D eigenvalue weighted by Crippen LogP contribution is 2.48. The van der Waals surface area contributed by atoms with Crippen LogP contribution in [0, 0.1) is 5.92 Å². The van der Waals surface area contributed by atoms with Gasteiger partial charge in [-0.15, -0.1) is 0 Å². The molecule has 0 radical (unpaired) electrons. The third-order valence-electron chi connectivity index (χ3n) is 6.44. The van der Waals surface area contributed by atoms with Crippen LogP contribution >= 0.6 is 11.6 Å². The summed E-state index contributed by atoms with van der Waals surface area (Å²) in [6, 6.07) is 13.1. The van der Waals surface area contributed by atoms with Crippen molar-refractivity contribution >= 4 is 29.1 Å². The molecular formula is C25H22ClNO5. The van der Waals surface area contributed by atoms with Crippen molar-refractivity contribution in [2.75, 3.05) is 13.9 Å². The summed E-state index contributed by atoms with van der Waals surface area (Å²) in [5, 5.41) is 0.658. The van der Waals surface area contributed by atoms with Gasteiger partial charge in [0.1, 0.15) is 5.92 Å². The summed E-state index contributed by atoms with van der Waals surface area (Å²) in [7, 11) is 1.36. The van der Waals surface area contributed by atoms with Crippen molar-refractivity contribution in [2.24, 2.45) is 10.9 Å². The van der Waals surface area contributed by atoms with Gasteiger partial charge < -0.3 is 14.2 Å². The lowest BCUT2D eigenvalue weighted by Crippen LogP contribution is -2.37. The van der Waals surface area contributed by atoms with Crippen molar-refractivity contribution in [2.45, 2.75) is 31.6 Å². The standard InChI is InChI=1S/C25H22ClNO5/c1-13-22(25(29)30-2)23(15-5-8-20-21(11-15)32-12-31-20)24-18(27-13)9-16(10-19(24)28)14-3-6-17(26)7-4-14/h3-8,11,16,22-23H,9-10,12H2,1-2H3/t16-,22?,23-/m0/s1. The Morgan fingerprint density at radius 2 is 1.78 bits per heavy atom. The summed E-state index contributed by atoms with van der Waals surface area (Å²) >= 11 is 6.03. The molecule has 6 nitrogen and oxygen atoms in total. The van der Waals surface area contributed by atoms with Gasteiger partial charge in [0.2, 0.25) is 6.79 Å². The number of fused-ring (bicyclic) bond motifs is 1. The van der Waals surface area contributed by atoms with E-state index >= 15 is 0 Å². The van der Waals surface area contributed by atoms with Crippen molar-refractivity contribution in [1.82, 2.24) is 0 Å². The van der Waals surface area contributed by atoms with E-state index in [1.54, 1.807) is 0 Å². The Bertz CT molecular complexity index is 1170. The second-order valence-electron chi connectivity index (χ2n) is 8.28. The Hall–Kier alpha value is -3.12. The zero-order valence-corrected chi connectivity index (χ0v) is 18.5. The van der Waals surface area contributed by atoms with E-state index in [9.17, 15) is 9.59 Å². The lowest BCUT2D eigenvalue weighted by Gasteiger charge is -2.36. The first-order chi connectivity index (χ1) is 15.5. The van der Waals surface area contributed by atoms with Gasteiger partial charge in [-0.05, 0) is 54.7 Å². The van der Waals surface area contributed by atoms with Gasteiger partial charge in [-0.1, -0.05) is 29.8 Å². The predicted molar refractivity (Wildman–Crippen MR) is 119 cm³/mol. The number of Topliss-reactive ketones (excluding diaryl/α,β-unsaturated/α-hetero) is 1. The summed E-state index contributed by atoms with van der Waals surface area (Å²) in [5.74, 6) is -0.292. The molecule has 32 heavy (non-hydrogen) atoms. The number of ketones is 1. The molecule has 2 aliphatic heterocycles. The molecule has 0 bridgehead atoms. The topological polar surface area (TPSA) is 74.2 Å². The van der Waals surface area contributed by atoms with E-state index in [-0.39, 0.29) is 18.5 Å². The van der Waals surface area contributed by atoms with E-state index in [2.05, 4.69) is 0 Å². The number of allylic oxidation sites excluding steroid dienone is 2. The number of methoxy groups -OCH3 is 1. The summed E-state index contributed by atoms with van der Waals surface area (Å²) in [6.45, 7) is 1.97. The van der Waals surface area contributed by atoms with E-state index in [4.69, 9.17) is 30.8 Å². The highest BCUT2D eigenvalue weighted by atomic mass is 35.5. The molecule has 0 aromatic heterocycles. The van der Waals surface area contributed by atoms with E-state index in [0.717, 1.165) is 16.8 Å². The molecule has 0 saturated heterocycles. The van der Waals surface area contributed by atoms with Gasteiger partial charge in [-0.25, -0.2) is 0 Å². The first-order valence-electron chi connectivity index (χ1n) is 10.5. The second kappa shape index (κ2) is 8.10. The molecule has 2 heterocycles. The molecule has 2 aromatic rings. The molecule has 0 fully saturated rings. The lowest BCUT2D eigenvalue weighted by molar-refractivity contribution is -0.143. The van der Waals surface area contributed by atoms with Crippen LogP contribution in [0.15, 0.2) is 58.7 Å². The maximum Gasteiger partial charge on any atom is 0.315 e. The number of hydrogen-bond acceptors (Lipinski definition) is 6. The Labute approximate surface area is 190 Å². The second-order valence-corrected chi connectivity index (χ2v) is 8.72. The molecule has 164 valence electrons. The van der Waals surface area contributed by atoms with Crippen LogP contribution in [-0.4, -0.2) is 31.4 Å². The SMILES string of the molecule is COC(=O)C1C(C)=NC2=C(C(=O)C[C@@H](c3ccc(Cl)cc3)C2)[C@H]1c1ccc2c(c1)OCO2. The van der Waals surface area contributed by atoms with E-state index < -0.39 is 17.8 Å². The van der Waals surface area contributed by atoms with Crippen molar-refractivity contribution < 1.29 is 23.8 Å². The number of carbonyl (C=O) groups excluding carboxylic acids is 2. The van der Waals surface area contributed by atoms with Gasteiger partial charge in [0.05, 0.1) is 7.11 Å². The minimum atomic E-state index is -0.671. The van der Waals surface area contributed by atoms with Gasteiger partial charge in [0, 0.05) is 34.3 Å². The summed E-state index contributed by atoms with van der Waals surface area (Å²) in [6.07, 6.45) is 0.971. The van der Waals surface area contributed by atoms with Crippen LogP contribution in [0.4, 0.5) is 0 Å². The smallest absolute Gasteiger partial charge is 0.315 e. The fourth-order valence-electron chi connectivity index (χ4n) is 4.93. The summed E-state index contributed by atoms with van der Waals surface area (Å²) < 4.78 is 16.1. The van der Waals surface area contributed by atoms with E-state index in [1.807, 2.05) is 49.4 Å². The van der Waals surface area contributed by atoms with Gasteiger partial charge in [0.25, 0.3) is 0 Å². The molecule has 1 unspecified atom stereocenters. The van der Waals surface area contributed by atoms with Crippen molar-refractivity contribution in [3.8, 4) is 11.5 Å². The van der Waals surface area contributed by atoms with E-state index in [0.29, 0.717) is 40.6 Å². The maximum absolute atomic E-state index is 13.5. The number of aliphatic imine (C=N–C) groups is 1. The number of esters is 1. The number of rotatable bonds is 3. The number of hydrogen-bond donors (Lipinski definition) is 0. The van der Waals surface area contributed by atoms with Gasteiger partial charge in [0.15, 0.2) is 17.3 Å². The molecule has 7 heteroatoms. The van der Waals surface area contributed by atoms with Crippen LogP contribution in [0.2, 0.25) is 5.02 Å². The van der Waals surface area contributed by atoms with Gasteiger partial charge in [-0.2, -0.15) is 0 Å². The Morgan fingerprint density at radius 1 is 1.06 bits per heavy atom. The molecule has 3 atom stereocenters. The molecule has 0 saturated carbocycles. The van der Waals surface area contributed by atoms with Crippen LogP contribution in [-0.2, 0) is 14.3 Å². The van der Waals surface area contributed by atoms with Crippen molar-refractivity contribution in [3.05, 3.63) is 69.9 Å². The number of halogens is 1. The molecule has 1 aliphatic carbocycles. The van der Waals surface area contributed by atoms with Crippen LogP contribution in [0.5, 0.6) is 11.5 Å². The molecule has 0 spiro atoms. The zero-order chi connectivity index (χ0) is 22.4. The molecule has 5 rings (SSSR count). The average Bonchev–Trinajstić information content (AvgIpc) is 3.26. The van der Waals surface area contributed by atoms with Gasteiger partial charge in [-0.3, -0.25) is 14.6 Å². The summed E-state index contributed by atoms with van der Waals surface area (Å²) in [5.41, 5.74) is 3.83. The fraction of sp³-hybridized carbons (Fsp3) is 0.320. The highest BCUT2D eigenvalue weighted by Gasteiger charge is 2.45. The first-order valence-corrected chi connectivity index (χ1v) is 10.9. The Morgan fingerprint density at radius 3 is 2.53 bits per heavy atom. The monoisotopic (exact) mass is 451 g/mol. The van der Waals surface area contributed by atoms with Crippen LogP contribution in [0.3, 0.4) is 0 Å². The maximum atomic E-state index is 13.5. The number of ether oxygens (including phenoxy) is 3. The number of benzene rings is 2. The Kier molecular flexibility index (Phi) is 5.25. The van der Waals surface area contributed by atoms with Crippen LogP contribution < -0.4 is 9.47 Å². The van der Waals surface area contributed by atoms with Crippen molar-refractivity contribution in [3.63, 3.8) is 0 Å². The minimum absolute atomic E-state index is 0.000908. The quantitative estimate of drug-likeness (QED) is 0.625. The van der Waals surface area contributed by atoms with Crippen LogP contribution in [0.1, 0.15) is 42.7 Å². The first kappa shape index (κ1) is 20.8. The average molecular weight is 452 g/mol. The Balaban J connectivity index is 1.60. The number of carbonyl (C=O) groups is 2. The molecule has 0 amide bonds. The highest BCUT2D eigenvalue weighted by molar-refractivity contribution is 6.30.